The van der Waals surface area contributed by atoms with E-state index in [1.165, 1.54) is 5.57 Å². The quantitative estimate of drug-likeness (QED) is 0.449. The molecule has 0 heterocycles. The molecular formula is C7H13N3. The number of hydrogen-bond donors (Lipinski definition) is 3. The van der Waals surface area contributed by atoms with Crippen LogP contribution in [0.5, 0.6) is 0 Å². The predicted octanol–water partition coefficient (Wildman–Crippen LogP) is -0.555. The maximum absolute atomic E-state index is 5.44. The molecule has 1 rings (SSSR count). The molecule has 1 aliphatic carbocycles. The van der Waals surface area contributed by atoms with Gasteiger partial charge in [-0.2, -0.15) is 0 Å². The van der Waals surface area contributed by atoms with Crippen LogP contribution in [0.2, 0.25) is 0 Å². The Kier molecular flexibility index (Phi) is 2.21. The van der Waals surface area contributed by atoms with Crippen LogP contribution in [-0.2, 0) is 0 Å². The van der Waals surface area contributed by atoms with E-state index in [0.29, 0.717) is 6.54 Å². The third-order valence-electron chi connectivity index (χ3n) is 1.62. The summed E-state index contributed by atoms with van der Waals surface area (Å²) in [5.74, 6) is 0. The summed E-state index contributed by atoms with van der Waals surface area (Å²) in [6.45, 7) is 0.604. The van der Waals surface area contributed by atoms with E-state index in [4.69, 9.17) is 17.2 Å². The van der Waals surface area contributed by atoms with Crippen LogP contribution < -0.4 is 17.2 Å². The zero-order valence-corrected chi connectivity index (χ0v) is 5.88. The standard InChI is InChI=1S/C7H13N3/c8-4-5-1-2-6(3-5)7(9)10/h2-3,7H,1,4,8-10H2. The van der Waals surface area contributed by atoms with Crippen LogP contribution in [-0.4, -0.2) is 12.7 Å². The van der Waals surface area contributed by atoms with Crippen molar-refractivity contribution in [1.82, 2.24) is 0 Å². The Bertz CT molecular complexity index is 179. The summed E-state index contributed by atoms with van der Waals surface area (Å²) in [6.07, 6.45) is 4.57. The van der Waals surface area contributed by atoms with Gasteiger partial charge in [0.25, 0.3) is 0 Å². The Morgan fingerprint density at radius 1 is 1.50 bits per heavy atom. The van der Waals surface area contributed by atoms with Crippen molar-refractivity contribution in [1.29, 1.82) is 0 Å². The Morgan fingerprint density at radius 3 is 2.50 bits per heavy atom. The SMILES string of the molecule is NCC1=CC(C(N)N)=CC1. The minimum atomic E-state index is -0.343. The molecule has 0 bridgehead atoms. The lowest BCUT2D eigenvalue weighted by atomic mass is 10.2. The van der Waals surface area contributed by atoms with Gasteiger partial charge in [-0.25, -0.2) is 0 Å². The average molecular weight is 139 g/mol. The van der Waals surface area contributed by atoms with Gasteiger partial charge in [-0.1, -0.05) is 17.7 Å². The summed E-state index contributed by atoms with van der Waals surface area (Å²) in [6, 6.07) is 0. The number of hydrogen-bond acceptors (Lipinski definition) is 3. The van der Waals surface area contributed by atoms with E-state index in [9.17, 15) is 0 Å². The minimum Gasteiger partial charge on any atom is -0.327 e. The summed E-state index contributed by atoms with van der Waals surface area (Å²) >= 11 is 0. The summed E-state index contributed by atoms with van der Waals surface area (Å²) in [4.78, 5) is 0. The van der Waals surface area contributed by atoms with Crippen LogP contribution in [0.4, 0.5) is 0 Å². The van der Waals surface area contributed by atoms with Crippen molar-refractivity contribution in [2.24, 2.45) is 17.2 Å². The van der Waals surface area contributed by atoms with Crippen molar-refractivity contribution in [3.8, 4) is 0 Å². The summed E-state index contributed by atoms with van der Waals surface area (Å²) in [5.41, 5.74) is 18.5. The largest absolute Gasteiger partial charge is 0.327 e. The molecule has 0 atom stereocenters. The van der Waals surface area contributed by atoms with E-state index >= 15 is 0 Å². The number of allylic oxidation sites excluding steroid dienone is 1. The Labute approximate surface area is 60.6 Å². The van der Waals surface area contributed by atoms with Crippen LogP contribution in [0.3, 0.4) is 0 Å². The third kappa shape index (κ3) is 1.44. The zero-order valence-electron chi connectivity index (χ0n) is 5.88. The highest BCUT2D eigenvalue weighted by Gasteiger charge is 2.07. The number of nitrogens with two attached hydrogens (primary N) is 3. The molecule has 0 radical (unpaired) electrons. The van der Waals surface area contributed by atoms with Gasteiger partial charge in [-0.3, -0.25) is 0 Å². The van der Waals surface area contributed by atoms with Crippen LogP contribution >= 0.6 is 0 Å². The van der Waals surface area contributed by atoms with Gasteiger partial charge in [0.1, 0.15) is 0 Å². The number of rotatable bonds is 2. The van der Waals surface area contributed by atoms with E-state index in [-0.39, 0.29) is 6.17 Å². The smallest absolute Gasteiger partial charge is 0.0781 e. The van der Waals surface area contributed by atoms with Crippen LogP contribution in [0, 0.1) is 0 Å². The molecule has 6 N–H and O–H groups in total. The second kappa shape index (κ2) is 2.96. The maximum Gasteiger partial charge on any atom is 0.0781 e. The van der Waals surface area contributed by atoms with Crippen molar-refractivity contribution < 1.29 is 0 Å². The fourth-order valence-corrected chi connectivity index (χ4v) is 0.977. The van der Waals surface area contributed by atoms with Crippen molar-refractivity contribution in [2.75, 3.05) is 6.54 Å². The Hall–Kier alpha value is -0.640. The molecule has 0 saturated heterocycles. The summed E-state index contributed by atoms with van der Waals surface area (Å²) < 4.78 is 0. The lowest BCUT2D eigenvalue weighted by Crippen LogP contribution is -2.31. The van der Waals surface area contributed by atoms with Gasteiger partial charge in [0.05, 0.1) is 6.17 Å². The first kappa shape index (κ1) is 7.47. The monoisotopic (exact) mass is 139 g/mol. The second-order valence-corrected chi connectivity index (χ2v) is 2.44. The fraction of sp³-hybridized carbons (Fsp3) is 0.429. The van der Waals surface area contributed by atoms with Crippen molar-refractivity contribution >= 4 is 0 Å². The van der Waals surface area contributed by atoms with E-state index in [1.807, 2.05) is 12.2 Å². The highest BCUT2D eigenvalue weighted by Crippen LogP contribution is 2.16. The molecule has 0 spiro atoms. The predicted molar refractivity (Wildman–Crippen MR) is 42.0 cm³/mol. The van der Waals surface area contributed by atoms with Gasteiger partial charge in [-0.05, 0) is 12.0 Å². The molecule has 0 amide bonds. The molecule has 56 valence electrons. The highest BCUT2D eigenvalue weighted by molar-refractivity contribution is 5.35. The zero-order chi connectivity index (χ0) is 7.56. The molecule has 3 heteroatoms. The van der Waals surface area contributed by atoms with Gasteiger partial charge >= 0.3 is 0 Å². The molecule has 0 aromatic carbocycles. The first-order valence-electron chi connectivity index (χ1n) is 3.34. The molecule has 0 unspecified atom stereocenters. The normalized spacial score (nSPS) is 17.6. The molecule has 0 aromatic rings. The van der Waals surface area contributed by atoms with E-state index in [1.54, 1.807) is 0 Å². The topological polar surface area (TPSA) is 78.1 Å². The Morgan fingerprint density at radius 2 is 2.20 bits per heavy atom. The van der Waals surface area contributed by atoms with Crippen LogP contribution in [0.15, 0.2) is 23.3 Å². The molecule has 0 aliphatic heterocycles. The Balaban J connectivity index is 2.59. The summed E-state index contributed by atoms with van der Waals surface area (Å²) in [7, 11) is 0. The van der Waals surface area contributed by atoms with Crippen LogP contribution in [0.1, 0.15) is 6.42 Å². The lowest BCUT2D eigenvalue weighted by molar-refractivity contribution is 0.840. The van der Waals surface area contributed by atoms with Crippen molar-refractivity contribution in [3.63, 3.8) is 0 Å². The molecule has 3 nitrogen and oxygen atoms in total. The van der Waals surface area contributed by atoms with Crippen LogP contribution in [0.25, 0.3) is 0 Å². The molecule has 0 fully saturated rings. The first-order valence-corrected chi connectivity index (χ1v) is 3.34. The average Bonchev–Trinajstić information content (AvgIpc) is 2.34. The van der Waals surface area contributed by atoms with Gasteiger partial charge in [0.2, 0.25) is 0 Å². The lowest BCUT2D eigenvalue weighted by Gasteiger charge is -2.01. The van der Waals surface area contributed by atoms with E-state index in [2.05, 4.69) is 0 Å². The minimum absolute atomic E-state index is 0.343. The molecule has 10 heavy (non-hydrogen) atoms. The van der Waals surface area contributed by atoms with E-state index in [0.717, 1.165) is 12.0 Å². The first-order chi connectivity index (χ1) is 4.74. The molecule has 0 saturated carbocycles. The summed E-state index contributed by atoms with van der Waals surface area (Å²) in [5, 5.41) is 0. The third-order valence-corrected chi connectivity index (χ3v) is 1.62. The highest BCUT2D eigenvalue weighted by atomic mass is 14.8. The van der Waals surface area contributed by atoms with Gasteiger partial charge in [0, 0.05) is 6.54 Å². The molecule has 0 aromatic heterocycles. The molecular weight excluding hydrogens is 126 g/mol. The van der Waals surface area contributed by atoms with Crippen molar-refractivity contribution in [2.45, 2.75) is 12.6 Å². The van der Waals surface area contributed by atoms with E-state index < -0.39 is 0 Å². The van der Waals surface area contributed by atoms with Gasteiger partial charge in [0.15, 0.2) is 0 Å². The maximum atomic E-state index is 5.44. The molecule has 1 aliphatic rings. The van der Waals surface area contributed by atoms with Crippen molar-refractivity contribution in [3.05, 3.63) is 23.3 Å². The van der Waals surface area contributed by atoms with Gasteiger partial charge in [-0.15, -0.1) is 0 Å². The van der Waals surface area contributed by atoms with Gasteiger partial charge < -0.3 is 17.2 Å². The fourth-order valence-electron chi connectivity index (χ4n) is 0.977. The second-order valence-electron chi connectivity index (χ2n) is 2.44.